The Labute approximate surface area is 238 Å². The first-order valence-electron chi connectivity index (χ1n) is 12.7. The number of sulfonamides is 1. The van der Waals surface area contributed by atoms with Crippen molar-refractivity contribution in [2.24, 2.45) is 0 Å². The summed E-state index contributed by atoms with van der Waals surface area (Å²) in [6.07, 6.45) is 4.93. The third-order valence-electron chi connectivity index (χ3n) is 6.95. The topological polar surface area (TPSA) is 88.5 Å². The summed E-state index contributed by atoms with van der Waals surface area (Å²) in [6, 6.07) is 29.4. The maximum absolute atomic E-state index is 11.9. The molecule has 1 saturated heterocycles. The fraction of sp³-hybridized carbons (Fsp3) is 0.133. The molecule has 3 heterocycles. The highest BCUT2D eigenvalue weighted by Gasteiger charge is 2.42. The zero-order valence-electron chi connectivity index (χ0n) is 21.9. The molecule has 40 heavy (non-hydrogen) atoms. The fourth-order valence-corrected chi connectivity index (χ4v) is 6.16. The van der Waals surface area contributed by atoms with Crippen LogP contribution in [0.15, 0.2) is 103 Å². The molecule has 0 aliphatic carbocycles. The minimum Gasteiger partial charge on any atom is -0.494 e. The van der Waals surface area contributed by atoms with Gasteiger partial charge in [0, 0.05) is 35.5 Å². The van der Waals surface area contributed by atoms with E-state index in [1.54, 1.807) is 18.3 Å². The van der Waals surface area contributed by atoms with E-state index in [4.69, 9.17) is 17.0 Å². The van der Waals surface area contributed by atoms with Gasteiger partial charge in [-0.1, -0.05) is 36.4 Å². The van der Waals surface area contributed by atoms with Crippen molar-refractivity contribution >= 4 is 49.5 Å². The molecule has 5 aromatic rings. The van der Waals surface area contributed by atoms with Gasteiger partial charge in [0.1, 0.15) is 11.8 Å². The van der Waals surface area contributed by atoms with Crippen LogP contribution >= 0.6 is 12.2 Å². The third-order valence-corrected chi connectivity index (χ3v) is 7.86. The van der Waals surface area contributed by atoms with E-state index in [0.717, 1.165) is 34.4 Å². The molecule has 2 atom stereocenters. The Bertz CT molecular complexity index is 1820. The number of ether oxygens (including phenoxy) is 1. The van der Waals surface area contributed by atoms with Crippen molar-refractivity contribution in [3.63, 3.8) is 0 Å². The lowest BCUT2D eigenvalue weighted by atomic mass is 10.0. The highest BCUT2D eigenvalue weighted by molar-refractivity contribution is 7.92. The van der Waals surface area contributed by atoms with Gasteiger partial charge in [0.05, 0.1) is 30.8 Å². The zero-order valence-corrected chi connectivity index (χ0v) is 23.5. The van der Waals surface area contributed by atoms with Crippen LogP contribution in [0.2, 0.25) is 0 Å². The zero-order chi connectivity index (χ0) is 27.9. The summed E-state index contributed by atoms with van der Waals surface area (Å²) in [7, 11) is -1.98. The summed E-state index contributed by atoms with van der Waals surface area (Å²) < 4.78 is 34.1. The third kappa shape index (κ3) is 4.87. The standard InChI is InChI=1S/C30H27N5O3S2/c1-38-27-19-23(14-15-24(27)33-40(2,36)37)35-29(28(32-30(35)39)25-10-5-6-16-31-25)26-11-7-17-34(26)22-13-12-20-8-3-4-9-21(20)18-22/h3-19,28-29,33H,1-2H3,(H,32,39)/t28-,29-/m1/s1. The minimum absolute atomic E-state index is 0.248. The number of fused-ring (bicyclic) bond motifs is 1. The Hall–Kier alpha value is -4.41. The Morgan fingerprint density at radius 3 is 2.45 bits per heavy atom. The van der Waals surface area contributed by atoms with Gasteiger partial charge in [0.25, 0.3) is 0 Å². The van der Waals surface area contributed by atoms with Crippen molar-refractivity contribution in [3.05, 3.63) is 115 Å². The number of benzene rings is 3. The Morgan fingerprint density at radius 2 is 1.70 bits per heavy atom. The Kier molecular flexibility index (Phi) is 6.65. The summed E-state index contributed by atoms with van der Waals surface area (Å²) in [4.78, 5) is 6.69. The second kappa shape index (κ2) is 10.3. The number of thiocarbonyl (C=S) groups is 1. The van der Waals surface area contributed by atoms with E-state index in [2.05, 4.69) is 56.0 Å². The molecular weight excluding hydrogens is 542 g/mol. The van der Waals surface area contributed by atoms with E-state index < -0.39 is 10.0 Å². The normalized spacial score (nSPS) is 17.1. The lowest BCUT2D eigenvalue weighted by molar-refractivity contribution is 0.417. The van der Waals surface area contributed by atoms with Crippen LogP contribution in [-0.2, 0) is 10.0 Å². The maximum atomic E-state index is 11.9. The number of anilines is 2. The summed E-state index contributed by atoms with van der Waals surface area (Å²) in [5, 5.41) is 6.33. The van der Waals surface area contributed by atoms with Gasteiger partial charge in [-0.3, -0.25) is 9.71 Å². The highest BCUT2D eigenvalue weighted by Crippen LogP contribution is 2.44. The van der Waals surface area contributed by atoms with Gasteiger partial charge in [-0.25, -0.2) is 8.42 Å². The Balaban J connectivity index is 1.49. The summed E-state index contributed by atoms with van der Waals surface area (Å²) in [5.74, 6) is 0.385. The molecule has 3 aromatic carbocycles. The predicted octanol–water partition coefficient (Wildman–Crippen LogP) is 5.58. The molecule has 0 radical (unpaired) electrons. The lowest BCUT2D eigenvalue weighted by Crippen LogP contribution is -2.30. The van der Waals surface area contributed by atoms with Gasteiger partial charge in [-0.2, -0.15) is 0 Å². The van der Waals surface area contributed by atoms with Crippen molar-refractivity contribution in [1.82, 2.24) is 14.9 Å². The average molecular weight is 570 g/mol. The van der Waals surface area contributed by atoms with Crippen LogP contribution in [-0.4, -0.2) is 36.4 Å². The van der Waals surface area contributed by atoms with E-state index in [9.17, 15) is 8.42 Å². The van der Waals surface area contributed by atoms with Crippen LogP contribution in [0.25, 0.3) is 16.5 Å². The van der Waals surface area contributed by atoms with Crippen molar-refractivity contribution in [2.45, 2.75) is 12.1 Å². The molecule has 6 rings (SSSR count). The number of nitrogens with zero attached hydrogens (tertiary/aromatic N) is 3. The van der Waals surface area contributed by atoms with Crippen LogP contribution < -0.4 is 19.7 Å². The monoisotopic (exact) mass is 569 g/mol. The molecule has 0 bridgehead atoms. The summed E-state index contributed by atoms with van der Waals surface area (Å²) in [6.45, 7) is 0. The van der Waals surface area contributed by atoms with Crippen molar-refractivity contribution in [3.8, 4) is 11.4 Å². The molecule has 10 heteroatoms. The quantitative estimate of drug-likeness (QED) is 0.247. The van der Waals surface area contributed by atoms with Gasteiger partial charge in [0.2, 0.25) is 10.0 Å². The second-order valence-corrected chi connectivity index (χ2v) is 11.7. The molecule has 1 aliphatic rings. The molecule has 0 spiro atoms. The van der Waals surface area contributed by atoms with E-state index in [1.807, 2.05) is 53.6 Å². The van der Waals surface area contributed by atoms with Gasteiger partial charge in [-0.15, -0.1) is 0 Å². The molecule has 0 amide bonds. The molecule has 1 aliphatic heterocycles. The largest absolute Gasteiger partial charge is 0.494 e. The molecule has 8 nitrogen and oxygen atoms in total. The minimum atomic E-state index is -3.49. The van der Waals surface area contributed by atoms with E-state index in [1.165, 1.54) is 12.5 Å². The summed E-state index contributed by atoms with van der Waals surface area (Å²) >= 11 is 5.90. The average Bonchev–Trinajstić information content (AvgIpc) is 3.57. The summed E-state index contributed by atoms with van der Waals surface area (Å²) in [5.41, 5.74) is 4.00. The number of pyridine rings is 1. The lowest BCUT2D eigenvalue weighted by Gasteiger charge is -2.29. The first-order valence-corrected chi connectivity index (χ1v) is 15.0. The SMILES string of the molecule is COc1cc(N2C(=S)N[C@H](c3ccccn3)[C@H]2c2cccn2-c2ccc3ccccc3c2)ccc1NS(C)(=O)=O. The van der Waals surface area contributed by atoms with Gasteiger partial charge >= 0.3 is 0 Å². The van der Waals surface area contributed by atoms with Crippen LogP contribution in [0.1, 0.15) is 23.5 Å². The van der Waals surface area contributed by atoms with Crippen molar-refractivity contribution in [2.75, 3.05) is 23.0 Å². The molecule has 2 aromatic heterocycles. The molecular formula is C30H27N5O3S2. The first-order chi connectivity index (χ1) is 19.3. The maximum Gasteiger partial charge on any atom is 0.229 e. The van der Waals surface area contributed by atoms with E-state index >= 15 is 0 Å². The number of hydrogen-bond donors (Lipinski definition) is 2. The number of methoxy groups -OCH3 is 1. The second-order valence-electron chi connectivity index (χ2n) is 9.59. The van der Waals surface area contributed by atoms with E-state index in [-0.39, 0.29) is 12.1 Å². The number of rotatable bonds is 7. The van der Waals surface area contributed by atoms with Gasteiger partial charge in [-0.05, 0) is 71.5 Å². The predicted molar refractivity (Wildman–Crippen MR) is 163 cm³/mol. The van der Waals surface area contributed by atoms with Crippen molar-refractivity contribution < 1.29 is 13.2 Å². The molecule has 0 unspecified atom stereocenters. The molecule has 2 N–H and O–H groups in total. The number of hydrogen-bond acceptors (Lipinski definition) is 5. The fourth-order valence-electron chi connectivity index (χ4n) is 5.24. The first kappa shape index (κ1) is 25.8. The van der Waals surface area contributed by atoms with Crippen LogP contribution in [0, 0.1) is 0 Å². The van der Waals surface area contributed by atoms with Crippen LogP contribution in [0.5, 0.6) is 5.75 Å². The van der Waals surface area contributed by atoms with E-state index in [0.29, 0.717) is 16.5 Å². The molecule has 1 fully saturated rings. The van der Waals surface area contributed by atoms with Gasteiger partial charge in [0.15, 0.2) is 5.11 Å². The Morgan fingerprint density at radius 1 is 0.925 bits per heavy atom. The number of aromatic nitrogens is 2. The smallest absolute Gasteiger partial charge is 0.229 e. The van der Waals surface area contributed by atoms with Crippen LogP contribution in [0.3, 0.4) is 0 Å². The molecule has 202 valence electrons. The number of nitrogens with one attached hydrogen (secondary N) is 2. The van der Waals surface area contributed by atoms with Crippen LogP contribution in [0.4, 0.5) is 11.4 Å². The molecule has 0 saturated carbocycles. The van der Waals surface area contributed by atoms with Crippen molar-refractivity contribution in [1.29, 1.82) is 0 Å². The highest BCUT2D eigenvalue weighted by atomic mass is 32.2. The van der Waals surface area contributed by atoms with Gasteiger partial charge < -0.3 is 19.5 Å².